The van der Waals surface area contributed by atoms with Gasteiger partial charge in [-0.1, -0.05) is 0 Å². The second-order valence-corrected chi connectivity index (χ2v) is 4.63. The number of hydrogen-bond acceptors (Lipinski definition) is 4. The van der Waals surface area contributed by atoms with Crippen molar-refractivity contribution in [2.75, 3.05) is 19.8 Å². The predicted octanol–water partition coefficient (Wildman–Crippen LogP) is 0.642. The fraction of sp³-hybridized carbons (Fsp3) is 1.00. The maximum Gasteiger partial charge on any atom is 0.168 e. The van der Waals surface area contributed by atoms with E-state index in [2.05, 4.69) is 5.32 Å². The summed E-state index contributed by atoms with van der Waals surface area (Å²) in [5.74, 6) is -0.263. The van der Waals surface area contributed by atoms with Gasteiger partial charge in [-0.3, -0.25) is 0 Å². The van der Waals surface area contributed by atoms with Gasteiger partial charge in [0.1, 0.15) is 0 Å². The molecule has 0 amide bonds. The number of hydrogen-bond donors (Lipinski definition) is 2. The maximum atomic E-state index is 8.96. The molecule has 2 aliphatic rings. The van der Waals surface area contributed by atoms with Crippen LogP contribution >= 0.6 is 0 Å². The van der Waals surface area contributed by atoms with E-state index in [-0.39, 0.29) is 18.4 Å². The third-order valence-electron chi connectivity index (χ3n) is 3.36. The van der Waals surface area contributed by atoms with Crippen molar-refractivity contribution in [2.24, 2.45) is 0 Å². The van der Waals surface area contributed by atoms with Crippen LogP contribution in [0.2, 0.25) is 0 Å². The van der Waals surface area contributed by atoms with Crippen molar-refractivity contribution in [3.8, 4) is 0 Å². The van der Waals surface area contributed by atoms with Gasteiger partial charge in [-0.2, -0.15) is 0 Å². The summed E-state index contributed by atoms with van der Waals surface area (Å²) in [6.07, 6.45) is 4.10. The number of ether oxygens (including phenoxy) is 2. The van der Waals surface area contributed by atoms with E-state index in [9.17, 15) is 0 Å². The van der Waals surface area contributed by atoms with E-state index in [1.165, 1.54) is 0 Å². The molecule has 1 heterocycles. The molecule has 2 rings (SSSR count). The van der Waals surface area contributed by atoms with E-state index < -0.39 is 0 Å². The number of aliphatic hydroxyl groups is 1. The highest BCUT2D eigenvalue weighted by Crippen LogP contribution is 2.35. The van der Waals surface area contributed by atoms with Crippen LogP contribution in [-0.4, -0.2) is 42.8 Å². The first kappa shape index (κ1) is 11.3. The molecule has 0 aromatic heterocycles. The van der Waals surface area contributed by atoms with Crippen molar-refractivity contribution in [1.29, 1.82) is 0 Å². The van der Waals surface area contributed by atoms with Crippen molar-refractivity contribution in [2.45, 2.75) is 50.5 Å². The Labute approximate surface area is 90.9 Å². The largest absolute Gasteiger partial charge is 0.395 e. The lowest BCUT2D eigenvalue weighted by atomic mass is 9.89. The highest BCUT2D eigenvalue weighted by atomic mass is 16.7. The molecule has 1 unspecified atom stereocenters. The van der Waals surface area contributed by atoms with Gasteiger partial charge in [0.05, 0.1) is 19.8 Å². The van der Waals surface area contributed by atoms with E-state index in [0.29, 0.717) is 6.04 Å². The zero-order valence-electron chi connectivity index (χ0n) is 9.37. The van der Waals surface area contributed by atoms with Gasteiger partial charge in [0.15, 0.2) is 5.79 Å². The standard InChI is InChI=1S/C11H21NO3/c1-9(8-13)12-10-2-4-11(5-3-10)14-6-7-15-11/h9-10,12-13H,2-8H2,1H3. The smallest absolute Gasteiger partial charge is 0.168 e. The minimum atomic E-state index is -0.263. The summed E-state index contributed by atoms with van der Waals surface area (Å²) in [6.45, 7) is 3.69. The van der Waals surface area contributed by atoms with Crippen molar-refractivity contribution in [3.63, 3.8) is 0 Å². The van der Waals surface area contributed by atoms with Crippen LogP contribution < -0.4 is 5.32 Å². The van der Waals surface area contributed by atoms with Crippen molar-refractivity contribution in [1.82, 2.24) is 5.32 Å². The fourth-order valence-corrected chi connectivity index (χ4v) is 2.47. The Hall–Kier alpha value is -0.160. The molecular formula is C11H21NO3. The number of nitrogens with one attached hydrogen (secondary N) is 1. The Bertz CT molecular complexity index is 194. The van der Waals surface area contributed by atoms with Gasteiger partial charge in [-0.05, 0) is 19.8 Å². The van der Waals surface area contributed by atoms with Crippen LogP contribution in [0.1, 0.15) is 32.6 Å². The molecule has 1 aliphatic carbocycles. The van der Waals surface area contributed by atoms with Gasteiger partial charge < -0.3 is 19.9 Å². The molecule has 0 bridgehead atoms. The molecule has 15 heavy (non-hydrogen) atoms. The van der Waals surface area contributed by atoms with E-state index >= 15 is 0 Å². The van der Waals surface area contributed by atoms with E-state index in [0.717, 1.165) is 38.9 Å². The van der Waals surface area contributed by atoms with Crippen LogP contribution in [0.5, 0.6) is 0 Å². The van der Waals surface area contributed by atoms with Gasteiger partial charge in [0, 0.05) is 24.9 Å². The molecule has 88 valence electrons. The Balaban J connectivity index is 1.76. The zero-order chi connectivity index (χ0) is 10.7. The van der Waals surface area contributed by atoms with Gasteiger partial charge >= 0.3 is 0 Å². The van der Waals surface area contributed by atoms with Crippen LogP contribution in [0.15, 0.2) is 0 Å². The van der Waals surface area contributed by atoms with Crippen molar-refractivity contribution in [3.05, 3.63) is 0 Å². The van der Waals surface area contributed by atoms with E-state index in [1.807, 2.05) is 6.92 Å². The molecule has 0 aromatic carbocycles. The predicted molar refractivity (Wildman–Crippen MR) is 56.6 cm³/mol. The lowest BCUT2D eigenvalue weighted by Crippen LogP contribution is -2.45. The van der Waals surface area contributed by atoms with E-state index in [1.54, 1.807) is 0 Å². The second-order valence-electron chi connectivity index (χ2n) is 4.63. The number of aliphatic hydroxyl groups excluding tert-OH is 1. The highest BCUT2D eigenvalue weighted by Gasteiger charge is 2.40. The summed E-state index contributed by atoms with van der Waals surface area (Å²) in [7, 11) is 0. The molecule has 1 saturated heterocycles. The van der Waals surface area contributed by atoms with Crippen LogP contribution in [0, 0.1) is 0 Å². The van der Waals surface area contributed by atoms with Crippen LogP contribution in [0.4, 0.5) is 0 Å². The molecule has 0 radical (unpaired) electrons. The normalized spacial score (nSPS) is 28.4. The summed E-state index contributed by atoms with van der Waals surface area (Å²) >= 11 is 0. The van der Waals surface area contributed by atoms with Crippen LogP contribution in [0.3, 0.4) is 0 Å². The first-order valence-corrected chi connectivity index (χ1v) is 5.89. The quantitative estimate of drug-likeness (QED) is 0.725. The SMILES string of the molecule is CC(CO)NC1CCC2(CC1)OCCO2. The third kappa shape index (κ3) is 2.69. The van der Waals surface area contributed by atoms with Gasteiger partial charge in [0.2, 0.25) is 0 Å². The molecule has 0 aromatic rings. The Morgan fingerprint density at radius 2 is 1.93 bits per heavy atom. The lowest BCUT2D eigenvalue weighted by molar-refractivity contribution is -0.179. The highest BCUT2D eigenvalue weighted by molar-refractivity contribution is 4.86. The Kier molecular flexibility index (Phi) is 3.61. The molecule has 1 spiro atoms. The summed E-state index contributed by atoms with van der Waals surface area (Å²) in [4.78, 5) is 0. The summed E-state index contributed by atoms with van der Waals surface area (Å²) in [6, 6.07) is 0.694. The molecule has 1 aliphatic heterocycles. The first-order chi connectivity index (χ1) is 7.24. The monoisotopic (exact) mass is 215 g/mol. The minimum absolute atomic E-state index is 0.189. The average molecular weight is 215 g/mol. The molecule has 1 atom stereocenters. The molecule has 2 fully saturated rings. The Morgan fingerprint density at radius 3 is 2.47 bits per heavy atom. The molecule has 2 N–H and O–H groups in total. The maximum absolute atomic E-state index is 8.96. The first-order valence-electron chi connectivity index (χ1n) is 5.89. The van der Waals surface area contributed by atoms with Crippen LogP contribution in [-0.2, 0) is 9.47 Å². The summed E-state index contributed by atoms with van der Waals surface area (Å²) < 4.78 is 11.3. The second kappa shape index (κ2) is 4.78. The molecule has 1 saturated carbocycles. The zero-order valence-corrected chi connectivity index (χ0v) is 9.37. The molecular weight excluding hydrogens is 194 g/mol. The summed E-state index contributed by atoms with van der Waals surface area (Å²) in [5, 5.41) is 12.4. The summed E-state index contributed by atoms with van der Waals surface area (Å²) in [5.41, 5.74) is 0. The molecule has 4 heteroatoms. The van der Waals surface area contributed by atoms with Gasteiger partial charge in [0.25, 0.3) is 0 Å². The third-order valence-corrected chi connectivity index (χ3v) is 3.36. The van der Waals surface area contributed by atoms with Crippen molar-refractivity contribution < 1.29 is 14.6 Å². The van der Waals surface area contributed by atoms with Crippen LogP contribution in [0.25, 0.3) is 0 Å². The number of rotatable bonds is 3. The van der Waals surface area contributed by atoms with Crippen molar-refractivity contribution >= 4 is 0 Å². The fourth-order valence-electron chi connectivity index (χ4n) is 2.47. The van der Waals surface area contributed by atoms with Gasteiger partial charge in [-0.15, -0.1) is 0 Å². The lowest BCUT2D eigenvalue weighted by Gasteiger charge is -2.36. The van der Waals surface area contributed by atoms with Gasteiger partial charge in [-0.25, -0.2) is 0 Å². The Morgan fingerprint density at radius 1 is 1.33 bits per heavy atom. The minimum Gasteiger partial charge on any atom is -0.395 e. The van der Waals surface area contributed by atoms with E-state index in [4.69, 9.17) is 14.6 Å². The average Bonchev–Trinajstić information content (AvgIpc) is 2.70. The molecule has 4 nitrogen and oxygen atoms in total. The topological polar surface area (TPSA) is 50.7 Å².